The highest BCUT2D eigenvalue weighted by Gasteiger charge is 2.23. The summed E-state index contributed by atoms with van der Waals surface area (Å²) in [6, 6.07) is 27.1. The molecule has 7 heteroatoms. The lowest BCUT2D eigenvalue weighted by Crippen LogP contribution is -2.34. The van der Waals surface area contributed by atoms with Crippen molar-refractivity contribution in [1.29, 1.82) is 0 Å². The number of hydrogen-bond donors (Lipinski definition) is 0. The van der Waals surface area contributed by atoms with E-state index in [-0.39, 0.29) is 7.43 Å². The molecule has 0 saturated carbocycles. The molecule has 0 amide bonds. The molecule has 33 heavy (non-hydrogen) atoms. The van der Waals surface area contributed by atoms with E-state index < -0.39 is 0 Å². The van der Waals surface area contributed by atoms with Crippen LogP contribution in [0.4, 0.5) is 5.69 Å². The number of rotatable bonds is 6. The zero-order valence-electron chi connectivity index (χ0n) is 17.3. The van der Waals surface area contributed by atoms with Gasteiger partial charge in [0, 0.05) is 34.5 Å². The van der Waals surface area contributed by atoms with Crippen LogP contribution in [-0.4, -0.2) is 7.05 Å². The zero-order valence-corrected chi connectivity index (χ0v) is 18.9. The summed E-state index contributed by atoms with van der Waals surface area (Å²) < 4.78 is 6.74. The maximum atomic E-state index is 10.1. The average molecular weight is 477 g/mol. The first-order chi connectivity index (χ1) is 15.7. The predicted molar refractivity (Wildman–Crippen MR) is 133 cm³/mol. The number of pyridine rings is 1. The van der Waals surface area contributed by atoms with E-state index in [0.717, 1.165) is 39.1 Å². The van der Waals surface area contributed by atoms with E-state index in [9.17, 15) is 5.26 Å². The van der Waals surface area contributed by atoms with Gasteiger partial charge in [-0.05, 0) is 35.9 Å². The average Bonchev–Trinajstić information content (AvgIpc) is 3.14. The Balaban J connectivity index is 0.00000259. The van der Waals surface area contributed by atoms with Crippen molar-refractivity contribution in [3.8, 4) is 0 Å². The Bertz CT molecular complexity index is 1300. The first-order valence-electron chi connectivity index (χ1n) is 10.1. The number of hydrogen-bond acceptors (Lipinski definition) is 6. The van der Waals surface area contributed by atoms with Gasteiger partial charge in [-0.3, -0.25) is 5.04 Å². The fourth-order valence-corrected chi connectivity index (χ4v) is 5.33. The fraction of sp³-hybridized carbons (Fsp3) is 0.115. The maximum absolute atomic E-state index is 10.1. The molecule has 0 spiro atoms. The van der Waals surface area contributed by atoms with Gasteiger partial charge in [0.1, 0.15) is 0 Å². The molecule has 1 aliphatic heterocycles. The molecule has 3 aromatic carbocycles. The second kappa shape index (κ2) is 10.4. The molecular formula is C26H24N2O3S2. The topological polar surface area (TPSA) is 48.6 Å². The zero-order chi connectivity index (χ0) is 21.9. The Morgan fingerprint density at radius 3 is 2.64 bits per heavy atom. The number of anilines is 1. The van der Waals surface area contributed by atoms with Gasteiger partial charge in [0.2, 0.25) is 5.52 Å². The highest BCUT2D eigenvalue weighted by molar-refractivity contribution is 8.04. The molecule has 2 heterocycles. The monoisotopic (exact) mass is 476 g/mol. The molecule has 0 saturated heterocycles. The van der Waals surface area contributed by atoms with Gasteiger partial charge in [0.15, 0.2) is 12.7 Å². The van der Waals surface area contributed by atoms with Crippen LogP contribution in [0.2, 0.25) is 0 Å². The third kappa shape index (κ3) is 4.93. The van der Waals surface area contributed by atoms with Crippen molar-refractivity contribution in [2.24, 2.45) is 0 Å². The van der Waals surface area contributed by atoms with Crippen molar-refractivity contribution in [1.82, 2.24) is 0 Å². The molecule has 1 aromatic heterocycles. The first kappa shape index (κ1) is 23.4. The van der Waals surface area contributed by atoms with E-state index in [1.165, 1.54) is 22.0 Å². The molecule has 1 aliphatic rings. The normalized spacial score (nSPS) is 13.9. The highest BCUT2D eigenvalue weighted by Crippen LogP contribution is 2.47. The lowest BCUT2D eigenvalue weighted by atomic mass is 10.1. The van der Waals surface area contributed by atoms with Crippen molar-refractivity contribution in [2.45, 2.75) is 23.8 Å². The van der Waals surface area contributed by atoms with Crippen LogP contribution >= 0.6 is 23.8 Å². The van der Waals surface area contributed by atoms with Gasteiger partial charge < -0.3 is 10.2 Å². The Kier molecular flexibility index (Phi) is 7.37. The van der Waals surface area contributed by atoms with Crippen molar-refractivity contribution in [3.63, 3.8) is 0 Å². The van der Waals surface area contributed by atoms with Gasteiger partial charge >= 0.3 is 0 Å². The largest absolute Gasteiger partial charge is 0.691 e. The SMILES string of the molecule is C.CN1C(=Cc2cc[n+](Cc3ccccc3)c3ccccc23)Sc2ccc(SOO[O-])cc21. The van der Waals surface area contributed by atoms with E-state index in [2.05, 4.69) is 85.7 Å². The van der Waals surface area contributed by atoms with Crippen molar-refractivity contribution in [2.75, 3.05) is 11.9 Å². The van der Waals surface area contributed by atoms with Crippen LogP contribution in [0.15, 0.2) is 99.9 Å². The molecule has 5 nitrogen and oxygen atoms in total. The predicted octanol–water partition coefficient (Wildman–Crippen LogP) is 5.58. The quantitative estimate of drug-likeness (QED) is 0.157. The van der Waals surface area contributed by atoms with E-state index >= 15 is 0 Å². The number of para-hydroxylation sites is 1. The van der Waals surface area contributed by atoms with Crippen LogP contribution in [0.3, 0.4) is 0 Å². The summed E-state index contributed by atoms with van der Waals surface area (Å²) in [7, 11) is 2.05. The molecule has 168 valence electrons. The summed E-state index contributed by atoms with van der Waals surface area (Å²) in [5.74, 6) is 0. The standard InChI is InChI=1S/C25H20N2O3S2.CH4/c1-26-23-16-20(32-30-29-28)11-12-24(23)31-25(26)15-19-13-14-27(17-18-7-3-2-4-8-18)22-10-6-5-9-21(19)22;/h2-16H,17H2,1H3;1H4. The minimum atomic E-state index is 0. The molecule has 0 N–H and O–H groups in total. The van der Waals surface area contributed by atoms with Crippen LogP contribution in [0, 0.1) is 0 Å². The van der Waals surface area contributed by atoms with Crippen LogP contribution in [0.25, 0.3) is 17.0 Å². The van der Waals surface area contributed by atoms with Gasteiger partial charge in [-0.25, -0.2) is 0 Å². The molecule has 4 aromatic rings. The maximum Gasteiger partial charge on any atom is 0.213 e. The van der Waals surface area contributed by atoms with Gasteiger partial charge in [-0.2, -0.15) is 8.90 Å². The Hall–Kier alpha value is -2.81. The van der Waals surface area contributed by atoms with Crippen molar-refractivity contribution >= 4 is 46.5 Å². The molecule has 0 fully saturated rings. The van der Waals surface area contributed by atoms with Gasteiger partial charge in [-0.15, -0.1) is 0 Å². The van der Waals surface area contributed by atoms with Crippen LogP contribution < -0.4 is 14.7 Å². The highest BCUT2D eigenvalue weighted by atomic mass is 32.2. The second-order valence-electron chi connectivity index (χ2n) is 7.39. The summed E-state index contributed by atoms with van der Waals surface area (Å²) in [6.45, 7) is 0.827. The van der Waals surface area contributed by atoms with Crippen LogP contribution in [0.5, 0.6) is 0 Å². The van der Waals surface area contributed by atoms with Crippen molar-refractivity contribution in [3.05, 3.63) is 101 Å². The Morgan fingerprint density at radius 1 is 1.03 bits per heavy atom. The molecule has 0 unspecified atom stereocenters. The molecule has 0 bridgehead atoms. The first-order valence-corrected chi connectivity index (χ1v) is 11.6. The van der Waals surface area contributed by atoms with E-state index in [4.69, 9.17) is 0 Å². The third-order valence-electron chi connectivity index (χ3n) is 5.43. The summed E-state index contributed by atoms with van der Waals surface area (Å²) in [4.78, 5) is 4.12. The minimum Gasteiger partial charge on any atom is -0.691 e. The summed E-state index contributed by atoms with van der Waals surface area (Å²) >= 11 is 2.63. The Morgan fingerprint density at radius 2 is 1.82 bits per heavy atom. The molecule has 0 radical (unpaired) electrons. The van der Waals surface area contributed by atoms with Gasteiger partial charge in [0.25, 0.3) is 0 Å². The molecule has 5 rings (SSSR count). The van der Waals surface area contributed by atoms with Gasteiger partial charge in [0.05, 0.1) is 28.1 Å². The number of nitrogens with zero attached hydrogens (tertiary/aromatic N) is 2. The van der Waals surface area contributed by atoms with E-state index in [1.54, 1.807) is 11.8 Å². The summed E-state index contributed by atoms with van der Waals surface area (Å²) in [6.07, 6.45) is 4.38. The smallest absolute Gasteiger partial charge is 0.213 e. The lowest BCUT2D eigenvalue weighted by Gasteiger charge is -2.14. The summed E-state index contributed by atoms with van der Waals surface area (Å²) in [5, 5.41) is 15.9. The van der Waals surface area contributed by atoms with E-state index in [1.807, 2.05) is 31.3 Å². The van der Waals surface area contributed by atoms with Crippen LogP contribution in [0.1, 0.15) is 18.6 Å². The number of aromatic nitrogens is 1. The lowest BCUT2D eigenvalue weighted by molar-refractivity contribution is -0.777. The second-order valence-corrected chi connectivity index (χ2v) is 9.23. The van der Waals surface area contributed by atoms with Crippen LogP contribution in [-0.2, 0) is 15.9 Å². The molecule has 0 atom stereocenters. The molecular weight excluding hydrogens is 452 g/mol. The van der Waals surface area contributed by atoms with Crippen molar-refractivity contribution < 1.29 is 19.2 Å². The fourth-order valence-electron chi connectivity index (χ4n) is 3.86. The Labute approximate surface area is 202 Å². The minimum absolute atomic E-state index is 0. The number of benzene rings is 3. The summed E-state index contributed by atoms with van der Waals surface area (Å²) in [5.41, 5.74) is 4.71. The number of fused-ring (bicyclic) bond motifs is 2. The number of thioether (sulfide) groups is 1. The van der Waals surface area contributed by atoms with Gasteiger partial charge in [-0.1, -0.05) is 61.7 Å². The van der Waals surface area contributed by atoms with E-state index in [0.29, 0.717) is 0 Å². The molecule has 0 aliphatic carbocycles. The third-order valence-corrected chi connectivity index (χ3v) is 7.16.